The van der Waals surface area contributed by atoms with Crippen molar-refractivity contribution in [3.8, 4) is 0 Å². The van der Waals surface area contributed by atoms with Crippen LogP contribution in [0.3, 0.4) is 0 Å². The summed E-state index contributed by atoms with van der Waals surface area (Å²) in [5.41, 5.74) is 7.77. The van der Waals surface area contributed by atoms with E-state index in [2.05, 4.69) is 60.6 Å². The van der Waals surface area contributed by atoms with Gasteiger partial charge < -0.3 is 38.5 Å². The van der Waals surface area contributed by atoms with E-state index in [4.69, 9.17) is 28.9 Å². The molecule has 4 saturated heterocycles. The maximum Gasteiger partial charge on any atom is 0.250 e. The van der Waals surface area contributed by atoms with E-state index in [1.54, 1.807) is 12.4 Å². The van der Waals surface area contributed by atoms with Crippen LogP contribution in [0.5, 0.6) is 0 Å². The first-order chi connectivity index (χ1) is 23.8. The molecule has 0 saturated carbocycles. The third kappa shape index (κ3) is 8.38. The summed E-state index contributed by atoms with van der Waals surface area (Å²) < 4.78 is 22.0. The van der Waals surface area contributed by atoms with Crippen LogP contribution in [-0.2, 0) is 18.9 Å². The standard InChI is InChI=1S/C30H40N14O4/c1-2-24(22-32-40-26-35-29(43-9-17-47-18-10-43)38-30(36-26)44-11-19-48-20-12-44)4-3-23(1)21-31-39-25-33-27(41-5-13-45-14-6-41)37-28(34-25)42-7-15-46-16-8-42/h1-4,21-22H,5-20H2,(H,33,34,37,39)(H,35,36,38,40)/b31-21+,32-22+. The lowest BCUT2D eigenvalue weighted by atomic mass is 10.2. The van der Waals surface area contributed by atoms with Gasteiger partial charge in [0.1, 0.15) is 0 Å². The molecule has 18 nitrogen and oxygen atoms in total. The molecule has 1 aromatic carbocycles. The van der Waals surface area contributed by atoms with Gasteiger partial charge >= 0.3 is 0 Å². The fraction of sp³-hybridized carbons (Fsp3) is 0.533. The second-order valence-corrected chi connectivity index (χ2v) is 11.3. The number of hydrogen-bond acceptors (Lipinski definition) is 18. The van der Waals surface area contributed by atoms with Crippen molar-refractivity contribution in [2.45, 2.75) is 0 Å². The first-order valence-corrected chi connectivity index (χ1v) is 16.3. The highest BCUT2D eigenvalue weighted by Crippen LogP contribution is 2.20. The minimum atomic E-state index is 0.381. The molecular formula is C30H40N14O4. The van der Waals surface area contributed by atoms with Crippen molar-refractivity contribution in [1.29, 1.82) is 0 Å². The number of anilines is 6. The van der Waals surface area contributed by atoms with Crippen LogP contribution in [0.1, 0.15) is 11.1 Å². The Morgan fingerprint density at radius 2 is 0.708 bits per heavy atom. The summed E-state index contributed by atoms with van der Waals surface area (Å²) in [7, 11) is 0. The van der Waals surface area contributed by atoms with Crippen LogP contribution in [0.25, 0.3) is 0 Å². The SMILES string of the molecule is C(=N\Nc1nc(N2CCOCC2)nc(N2CCOCC2)n1)/c1ccc(/C=N/Nc2nc(N3CCOCC3)nc(N3CCOCC3)n2)cc1. The van der Waals surface area contributed by atoms with E-state index in [9.17, 15) is 0 Å². The molecule has 0 aliphatic carbocycles. The molecule has 0 radical (unpaired) electrons. The van der Waals surface area contributed by atoms with E-state index in [1.807, 2.05) is 24.3 Å². The summed E-state index contributed by atoms with van der Waals surface area (Å²) in [6.07, 6.45) is 3.44. The van der Waals surface area contributed by atoms with Gasteiger partial charge in [-0.25, -0.2) is 10.9 Å². The zero-order chi connectivity index (χ0) is 32.4. The smallest absolute Gasteiger partial charge is 0.250 e. The van der Waals surface area contributed by atoms with E-state index >= 15 is 0 Å². The third-order valence-electron chi connectivity index (χ3n) is 8.09. The minimum absolute atomic E-state index is 0.381. The predicted octanol–water partition coefficient (Wildman–Crippen LogP) is 0.295. The molecule has 3 aromatic rings. The van der Waals surface area contributed by atoms with Gasteiger partial charge in [0.25, 0.3) is 0 Å². The Morgan fingerprint density at radius 3 is 0.979 bits per heavy atom. The zero-order valence-corrected chi connectivity index (χ0v) is 26.8. The molecule has 4 aliphatic rings. The van der Waals surface area contributed by atoms with Crippen LogP contribution in [0, 0.1) is 0 Å². The average molecular weight is 661 g/mol. The van der Waals surface area contributed by atoms with Crippen LogP contribution in [0.4, 0.5) is 35.7 Å². The Bertz CT molecular complexity index is 1350. The molecule has 0 unspecified atom stereocenters. The van der Waals surface area contributed by atoms with E-state index in [0.29, 0.717) is 88.5 Å². The van der Waals surface area contributed by atoms with Gasteiger partial charge in [-0.15, -0.1) is 0 Å². The van der Waals surface area contributed by atoms with Gasteiger partial charge in [0.2, 0.25) is 35.7 Å². The maximum atomic E-state index is 5.50. The fourth-order valence-electron chi connectivity index (χ4n) is 5.42. The molecular weight excluding hydrogens is 620 g/mol. The van der Waals surface area contributed by atoms with Crippen molar-refractivity contribution < 1.29 is 18.9 Å². The molecule has 2 N–H and O–H groups in total. The van der Waals surface area contributed by atoms with Gasteiger partial charge in [0, 0.05) is 52.4 Å². The number of nitrogens with zero attached hydrogens (tertiary/aromatic N) is 12. The first-order valence-electron chi connectivity index (χ1n) is 16.3. The highest BCUT2D eigenvalue weighted by molar-refractivity contribution is 5.84. The Hall–Kier alpha value is -4.78. The van der Waals surface area contributed by atoms with Crippen molar-refractivity contribution in [2.24, 2.45) is 10.2 Å². The number of hydrazone groups is 2. The number of hydrogen-bond donors (Lipinski definition) is 2. The summed E-state index contributed by atoms with van der Waals surface area (Å²) in [5.74, 6) is 3.19. The zero-order valence-electron chi connectivity index (χ0n) is 26.8. The molecule has 2 aromatic heterocycles. The molecule has 254 valence electrons. The number of ether oxygens (including phenoxy) is 4. The largest absolute Gasteiger partial charge is 0.378 e. The summed E-state index contributed by atoms with van der Waals surface area (Å²) in [6, 6.07) is 7.81. The second kappa shape index (κ2) is 15.9. The Labute approximate surface area is 278 Å². The van der Waals surface area contributed by atoms with Crippen LogP contribution in [0.15, 0.2) is 34.5 Å². The molecule has 0 atom stereocenters. The van der Waals surface area contributed by atoms with Crippen molar-refractivity contribution in [3.05, 3.63) is 35.4 Å². The van der Waals surface area contributed by atoms with Crippen LogP contribution >= 0.6 is 0 Å². The lowest BCUT2D eigenvalue weighted by molar-refractivity contribution is 0.121. The first kappa shape index (κ1) is 31.8. The van der Waals surface area contributed by atoms with E-state index in [0.717, 1.165) is 63.5 Å². The van der Waals surface area contributed by atoms with Crippen molar-refractivity contribution in [1.82, 2.24) is 29.9 Å². The van der Waals surface area contributed by atoms with Crippen LogP contribution < -0.4 is 30.5 Å². The minimum Gasteiger partial charge on any atom is -0.378 e. The molecule has 18 heteroatoms. The van der Waals surface area contributed by atoms with E-state index in [1.165, 1.54) is 0 Å². The number of morpholine rings is 4. The quantitative estimate of drug-likeness (QED) is 0.224. The lowest BCUT2D eigenvalue weighted by Gasteiger charge is -2.30. The topological polar surface area (TPSA) is 176 Å². The summed E-state index contributed by atoms with van der Waals surface area (Å²) >= 11 is 0. The van der Waals surface area contributed by atoms with E-state index < -0.39 is 0 Å². The molecule has 7 rings (SSSR count). The maximum absolute atomic E-state index is 5.50. The highest BCUT2D eigenvalue weighted by Gasteiger charge is 2.22. The summed E-state index contributed by atoms with van der Waals surface area (Å²) in [4.78, 5) is 36.4. The molecule has 48 heavy (non-hydrogen) atoms. The van der Waals surface area contributed by atoms with Gasteiger partial charge in [0.05, 0.1) is 65.3 Å². The summed E-state index contributed by atoms with van der Waals surface area (Å²) in [5, 5.41) is 8.81. The average Bonchev–Trinajstić information content (AvgIpc) is 3.17. The highest BCUT2D eigenvalue weighted by atomic mass is 16.5. The van der Waals surface area contributed by atoms with Crippen LogP contribution in [0.2, 0.25) is 0 Å². The van der Waals surface area contributed by atoms with Crippen molar-refractivity contribution in [3.63, 3.8) is 0 Å². The van der Waals surface area contributed by atoms with Gasteiger partial charge in [-0.2, -0.15) is 40.1 Å². The fourth-order valence-corrected chi connectivity index (χ4v) is 5.42. The second-order valence-electron chi connectivity index (χ2n) is 11.3. The Balaban J connectivity index is 0.989. The molecule has 6 heterocycles. The lowest BCUT2D eigenvalue weighted by Crippen LogP contribution is -2.40. The molecule has 4 fully saturated rings. The Kier molecular flexibility index (Phi) is 10.5. The number of rotatable bonds is 10. The van der Waals surface area contributed by atoms with Gasteiger partial charge in [0.15, 0.2) is 0 Å². The summed E-state index contributed by atoms with van der Waals surface area (Å²) in [6.45, 7) is 10.9. The predicted molar refractivity (Wildman–Crippen MR) is 181 cm³/mol. The Morgan fingerprint density at radius 1 is 0.438 bits per heavy atom. The van der Waals surface area contributed by atoms with Gasteiger partial charge in [-0.05, 0) is 11.1 Å². The molecule has 4 aliphatic heterocycles. The number of aromatic nitrogens is 6. The number of nitrogens with one attached hydrogen (secondary N) is 2. The monoisotopic (exact) mass is 660 g/mol. The molecule has 0 amide bonds. The normalized spacial score (nSPS) is 19.3. The third-order valence-corrected chi connectivity index (χ3v) is 8.09. The van der Waals surface area contributed by atoms with Crippen molar-refractivity contribution >= 4 is 48.1 Å². The van der Waals surface area contributed by atoms with Gasteiger partial charge in [-0.1, -0.05) is 24.3 Å². The van der Waals surface area contributed by atoms with E-state index in [-0.39, 0.29) is 0 Å². The van der Waals surface area contributed by atoms with Gasteiger partial charge in [-0.3, -0.25) is 0 Å². The van der Waals surface area contributed by atoms with Crippen LogP contribution in [-0.4, -0.2) is 148 Å². The van der Waals surface area contributed by atoms with Crippen molar-refractivity contribution in [2.75, 3.05) is 136 Å². The number of benzene rings is 1. The molecule has 0 spiro atoms. The molecule has 0 bridgehead atoms.